The first-order valence-electron chi connectivity index (χ1n) is 6.31. The number of benzene rings is 1. The van der Waals surface area contributed by atoms with E-state index in [-0.39, 0.29) is 6.04 Å². The number of hydrogen-bond acceptors (Lipinski definition) is 2. The molecular weight excluding hydrogens is 232 g/mol. The number of piperidine rings is 1. The van der Waals surface area contributed by atoms with E-state index in [0.717, 1.165) is 23.7 Å². The molecule has 1 heterocycles. The third-order valence-corrected chi connectivity index (χ3v) is 4.04. The first kappa shape index (κ1) is 12.9. The maximum absolute atomic E-state index is 6.37. The fourth-order valence-electron chi connectivity index (χ4n) is 2.48. The summed E-state index contributed by atoms with van der Waals surface area (Å²) in [6.45, 7) is 4.31. The van der Waals surface area contributed by atoms with Crippen LogP contribution in [0.4, 0.5) is 0 Å². The van der Waals surface area contributed by atoms with Crippen molar-refractivity contribution in [2.24, 2.45) is 5.73 Å². The van der Waals surface area contributed by atoms with Crippen LogP contribution in [0.25, 0.3) is 0 Å². The van der Waals surface area contributed by atoms with Gasteiger partial charge in [0.2, 0.25) is 0 Å². The van der Waals surface area contributed by atoms with Crippen molar-refractivity contribution in [3.8, 4) is 0 Å². The normalized spacial score (nSPS) is 20.5. The van der Waals surface area contributed by atoms with Gasteiger partial charge in [0.1, 0.15) is 0 Å². The van der Waals surface area contributed by atoms with Gasteiger partial charge in [-0.15, -0.1) is 0 Å². The van der Waals surface area contributed by atoms with E-state index in [1.807, 2.05) is 13.0 Å². The molecule has 2 N–H and O–H groups in total. The molecule has 1 aromatic carbocycles. The molecule has 1 atom stereocenters. The molecule has 0 aromatic heterocycles. The molecule has 17 heavy (non-hydrogen) atoms. The summed E-state index contributed by atoms with van der Waals surface area (Å²) < 4.78 is 0. The molecule has 0 saturated carbocycles. The Morgan fingerprint density at radius 1 is 1.35 bits per heavy atom. The van der Waals surface area contributed by atoms with Crippen molar-refractivity contribution in [2.45, 2.75) is 31.7 Å². The zero-order valence-electron chi connectivity index (χ0n) is 10.6. The number of rotatable bonds is 2. The van der Waals surface area contributed by atoms with E-state index in [9.17, 15) is 0 Å². The van der Waals surface area contributed by atoms with Crippen LogP contribution < -0.4 is 5.73 Å². The molecule has 2 rings (SSSR count). The highest BCUT2D eigenvalue weighted by Crippen LogP contribution is 2.33. The third-order valence-electron chi connectivity index (χ3n) is 3.71. The van der Waals surface area contributed by atoms with E-state index in [2.05, 4.69) is 24.1 Å². The summed E-state index contributed by atoms with van der Waals surface area (Å²) in [6, 6.07) is 6.36. The Morgan fingerprint density at radius 3 is 2.53 bits per heavy atom. The minimum Gasteiger partial charge on any atom is -0.324 e. The Bertz CT molecular complexity index is 382. The molecule has 94 valence electrons. The van der Waals surface area contributed by atoms with Crippen LogP contribution in [0.3, 0.4) is 0 Å². The minimum atomic E-state index is 0.0547. The lowest BCUT2D eigenvalue weighted by atomic mass is 9.88. The van der Waals surface area contributed by atoms with E-state index in [0.29, 0.717) is 5.92 Å². The molecule has 0 amide bonds. The van der Waals surface area contributed by atoms with Gasteiger partial charge >= 0.3 is 0 Å². The van der Waals surface area contributed by atoms with Gasteiger partial charge in [-0.3, -0.25) is 0 Å². The van der Waals surface area contributed by atoms with Gasteiger partial charge in [-0.25, -0.2) is 0 Å². The van der Waals surface area contributed by atoms with Gasteiger partial charge in [0, 0.05) is 11.1 Å². The second kappa shape index (κ2) is 5.38. The summed E-state index contributed by atoms with van der Waals surface area (Å²) in [5.41, 5.74) is 8.28. The van der Waals surface area contributed by atoms with E-state index < -0.39 is 0 Å². The molecule has 1 aliphatic heterocycles. The van der Waals surface area contributed by atoms with Crippen LogP contribution in [0.1, 0.15) is 42.9 Å². The highest BCUT2D eigenvalue weighted by atomic mass is 35.5. The number of likely N-dealkylation sites (tertiary alicyclic amines) is 1. The Labute approximate surface area is 109 Å². The molecule has 3 heteroatoms. The Morgan fingerprint density at radius 2 is 2.00 bits per heavy atom. The average Bonchev–Trinajstić information content (AvgIpc) is 2.30. The van der Waals surface area contributed by atoms with Crippen molar-refractivity contribution in [1.82, 2.24) is 4.90 Å². The molecule has 1 saturated heterocycles. The lowest BCUT2D eigenvalue weighted by Crippen LogP contribution is -2.29. The second-order valence-electron chi connectivity index (χ2n) is 5.15. The number of nitrogens with zero attached hydrogens (tertiary/aromatic N) is 1. The van der Waals surface area contributed by atoms with E-state index in [1.165, 1.54) is 18.4 Å². The summed E-state index contributed by atoms with van der Waals surface area (Å²) in [6.07, 6.45) is 2.40. The molecular formula is C14H21ClN2. The third kappa shape index (κ3) is 3.01. The predicted molar refractivity (Wildman–Crippen MR) is 73.5 cm³/mol. The largest absolute Gasteiger partial charge is 0.324 e. The molecule has 1 aromatic rings. The van der Waals surface area contributed by atoms with Gasteiger partial charge in [0.15, 0.2) is 0 Å². The van der Waals surface area contributed by atoms with Crippen molar-refractivity contribution in [2.75, 3.05) is 20.1 Å². The highest BCUT2D eigenvalue weighted by Gasteiger charge is 2.20. The van der Waals surface area contributed by atoms with Crippen LogP contribution in [-0.4, -0.2) is 25.0 Å². The molecule has 2 nitrogen and oxygen atoms in total. The van der Waals surface area contributed by atoms with E-state index >= 15 is 0 Å². The molecule has 1 fully saturated rings. The Balaban J connectivity index is 2.16. The summed E-state index contributed by atoms with van der Waals surface area (Å²) in [4.78, 5) is 2.38. The maximum atomic E-state index is 6.37. The topological polar surface area (TPSA) is 29.3 Å². The van der Waals surface area contributed by atoms with Crippen LogP contribution in [0.5, 0.6) is 0 Å². The van der Waals surface area contributed by atoms with Crippen LogP contribution in [0, 0.1) is 0 Å². The van der Waals surface area contributed by atoms with Gasteiger partial charge < -0.3 is 10.6 Å². The molecule has 1 unspecified atom stereocenters. The fraction of sp³-hybridized carbons (Fsp3) is 0.571. The highest BCUT2D eigenvalue weighted by molar-refractivity contribution is 6.31. The monoisotopic (exact) mass is 252 g/mol. The van der Waals surface area contributed by atoms with Crippen molar-refractivity contribution >= 4 is 11.6 Å². The summed E-state index contributed by atoms with van der Waals surface area (Å²) >= 11 is 6.37. The van der Waals surface area contributed by atoms with E-state index in [4.69, 9.17) is 17.3 Å². The quantitative estimate of drug-likeness (QED) is 0.876. The SMILES string of the molecule is CC(N)c1ccc(C2CCN(C)CC2)c(Cl)c1. The van der Waals surface area contributed by atoms with Crippen molar-refractivity contribution < 1.29 is 0 Å². The number of hydrogen-bond donors (Lipinski definition) is 1. The predicted octanol–water partition coefficient (Wildman–Crippen LogP) is 3.17. The average molecular weight is 253 g/mol. The Kier molecular flexibility index (Phi) is 4.08. The molecule has 1 aliphatic rings. The summed E-state index contributed by atoms with van der Waals surface area (Å²) in [5.74, 6) is 0.612. The van der Waals surface area contributed by atoms with Crippen molar-refractivity contribution in [3.05, 3.63) is 34.3 Å². The van der Waals surface area contributed by atoms with Crippen LogP contribution >= 0.6 is 11.6 Å². The Hall–Kier alpha value is -0.570. The molecule has 0 radical (unpaired) electrons. The second-order valence-corrected chi connectivity index (χ2v) is 5.55. The van der Waals surface area contributed by atoms with Crippen LogP contribution in [0.15, 0.2) is 18.2 Å². The molecule has 0 spiro atoms. The zero-order chi connectivity index (χ0) is 12.4. The lowest BCUT2D eigenvalue weighted by Gasteiger charge is -2.29. The van der Waals surface area contributed by atoms with Crippen LogP contribution in [0.2, 0.25) is 5.02 Å². The van der Waals surface area contributed by atoms with Crippen LogP contribution in [-0.2, 0) is 0 Å². The standard InChI is InChI=1S/C14H21ClN2/c1-10(16)12-3-4-13(14(15)9-12)11-5-7-17(2)8-6-11/h3-4,9-11H,5-8,16H2,1-2H3. The summed E-state index contributed by atoms with van der Waals surface area (Å²) in [5, 5.41) is 0.884. The fourth-order valence-corrected chi connectivity index (χ4v) is 2.82. The number of halogens is 1. The van der Waals surface area contributed by atoms with Crippen molar-refractivity contribution in [3.63, 3.8) is 0 Å². The van der Waals surface area contributed by atoms with Gasteiger partial charge in [-0.2, -0.15) is 0 Å². The van der Waals surface area contributed by atoms with Gasteiger partial charge in [0.25, 0.3) is 0 Å². The smallest absolute Gasteiger partial charge is 0.0444 e. The van der Waals surface area contributed by atoms with Gasteiger partial charge in [-0.05, 0) is 63.0 Å². The zero-order valence-corrected chi connectivity index (χ0v) is 11.4. The van der Waals surface area contributed by atoms with Gasteiger partial charge in [0.05, 0.1) is 0 Å². The first-order chi connectivity index (χ1) is 8.08. The van der Waals surface area contributed by atoms with Gasteiger partial charge in [-0.1, -0.05) is 23.7 Å². The summed E-state index contributed by atoms with van der Waals surface area (Å²) in [7, 11) is 2.18. The molecule has 0 bridgehead atoms. The van der Waals surface area contributed by atoms with Crippen molar-refractivity contribution in [1.29, 1.82) is 0 Å². The lowest BCUT2D eigenvalue weighted by molar-refractivity contribution is 0.255. The first-order valence-corrected chi connectivity index (χ1v) is 6.69. The maximum Gasteiger partial charge on any atom is 0.0444 e. The van der Waals surface area contributed by atoms with E-state index in [1.54, 1.807) is 0 Å². The molecule has 0 aliphatic carbocycles. The minimum absolute atomic E-state index is 0.0547. The number of nitrogens with two attached hydrogens (primary N) is 1.